The van der Waals surface area contributed by atoms with Crippen LogP contribution in [0.25, 0.3) is 0 Å². The first-order valence-corrected chi connectivity index (χ1v) is 4.83. The van der Waals surface area contributed by atoms with Crippen LogP contribution in [0, 0.1) is 13.8 Å². The number of carbonyl (C=O) groups is 1. The van der Waals surface area contributed by atoms with E-state index in [2.05, 4.69) is 23.0 Å². The lowest BCUT2D eigenvalue weighted by Gasteiger charge is -2.18. The Hall–Kier alpha value is -1.16. The molecule has 0 spiro atoms. The predicted octanol–water partition coefficient (Wildman–Crippen LogP) is 2.45. The number of rotatable bonds is 0. The molecular weight excluding hydrogens is 184 g/mol. The molecule has 0 saturated carbocycles. The summed E-state index contributed by atoms with van der Waals surface area (Å²) in [4.78, 5) is 12.1. The van der Waals surface area contributed by atoms with Crippen LogP contribution >= 0.6 is 11.9 Å². The number of hydrogen-bond donors (Lipinski definition) is 2. The molecule has 0 aromatic heterocycles. The molecule has 1 aliphatic rings. The quantitative estimate of drug-likeness (QED) is 0.623. The van der Waals surface area contributed by atoms with Crippen molar-refractivity contribution in [2.45, 2.75) is 18.7 Å². The van der Waals surface area contributed by atoms with E-state index in [0.717, 1.165) is 10.6 Å². The Labute approximate surface area is 81.0 Å². The van der Waals surface area contributed by atoms with Crippen molar-refractivity contribution >= 4 is 23.7 Å². The van der Waals surface area contributed by atoms with Gasteiger partial charge < -0.3 is 5.32 Å². The fourth-order valence-electron chi connectivity index (χ4n) is 1.22. The van der Waals surface area contributed by atoms with Crippen molar-refractivity contribution in [3.63, 3.8) is 0 Å². The zero-order valence-corrected chi connectivity index (χ0v) is 8.29. The van der Waals surface area contributed by atoms with Crippen LogP contribution in [0.4, 0.5) is 10.5 Å². The van der Waals surface area contributed by atoms with Gasteiger partial charge in [0.1, 0.15) is 0 Å². The summed E-state index contributed by atoms with van der Waals surface area (Å²) in [6.07, 6.45) is 0. The maximum absolute atomic E-state index is 11.0. The minimum Gasteiger partial charge on any atom is -0.306 e. The lowest BCUT2D eigenvalue weighted by atomic mass is 10.1. The molecule has 2 rings (SSSR count). The maximum atomic E-state index is 11.0. The van der Waals surface area contributed by atoms with Crippen molar-refractivity contribution in [1.82, 2.24) is 4.72 Å². The largest absolute Gasteiger partial charge is 0.329 e. The Morgan fingerprint density at radius 3 is 2.69 bits per heavy atom. The number of amides is 2. The van der Waals surface area contributed by atoms with Gasteiger partial charge in [0, 0.05) is 0 Å². The third-order valence-corrected chi connectivity index (χ3v) is 2.94. The van der Waals surface area contributed by atoms with E-state index >= 15 is 0 Å². The topological polar surface area (TPSA) is 41.1 Å². The van der Waals surface area contributed by atoms with Crippen LogP contribution in [-0.4, -0.2) is 6.03 Å². The molecule has 1 aliphatic heterocycles. The van der Waals surface area contributed by atoms with Gasteiger partial charge in [-0.1, -0.05) is 0 Å². The SMILES string of the molecule is Cc1cc2c(cc1C)SNC(=O)N2. The van der Waals surface area contributed by atoms with E-state index in [-0.39, 0.29) is 6.03 Å². The van der Waals surface area contributed by atoms with E-state index in [1.165, 1.54) is 23.1 Å². The molecule has 2 N–H and O–H groups in total. The summed E-state index contributed by atoms with van der Waals surface area (Å²) in [6, 6.07) is 3.92. The number of carbonyl (C=O) groups excluding carboxylic acids is 1. The highest BCUT2D eigenvalue weighted by molar-refractivity contribution is 7.98. The molecule has 2 amide bonds. The van der Waals surface area contributed by atoms with Gasteiger partial charge in [-0.2, -0.15) is 0 Å². The van der Waals surface area contributed by atoms with Gasteiger partial charge in [-0.25, -0.2) is 4.79 Å². The molecule has 3 nitrogen and oxygen atoms in total. The van der Waals surface area contributed by atoms with Crippen LogP contribution in [-0.2, 0) is 0 Å². The van der Waals surface area contributed by atoms with Gasteiger partial charge >= 0.3 is 6.03 Å². The number of nitrogens with one attached hydrogen (secondary N) is 2. The highest BCUT2D eigenvalue weighted by Crippen LogP contribution is 2.31. The first kappa shape index (κ1) is 8.44. The van der Waals surface area contributed by atoms with E-state index < -0.39 is 0 Å². The number of fused-ring (bicyclic) bond motifs is 1. The molecule has 0 bridgehead atoms. The maximum Gasteiger partial charge on any atom is 0.329 e. The van der Waals surface area contributed by atoms with Crippen molar-refractivity contribution < 1.29 is 4.79 Å². The molecule has 0 atom stereocenters. The standard InChI is InChI=1S/C9H10N2OS/c1-5-3-7-8(4-6(5)2)13-11-9(12)10-7/h3-4H,1-2H3,(H2,10,11,12). The van der Waals surface area contributed by atoms with Gasteiger partial charge in [0.2, 0.25) is 0 Å². The van der Waals surface area contributed by atoms with Gasteiger partial charge in [0.25, 0.3) is 0 Å². The summed E-state index contributed by atoms with van der Waals surface area (Å²) >= 11 is 1.36. The minimum atomic E-state index is -0.152. The third-order valence-electron chi connectivity index (χ3n) is 2.10. The summed E-state index contributed by atoms with van der Waals surface area (Å²) in [5.41, 5.74) is 3.34. The highest BCUT2D eigenvalue weighted by atomic mass is 32.2. The van der Waals surface area contributed by atoms with Gasteiger partial charge in [-0.05, 0) is 49.1 Å². The molecule has 0 fully saturated rings. The molecule has 0 aliphatic carbocycles. The number of hydrogen-bond acceptors (Lipinski definition) is 2. The smallest absolute Gasteiger partial charge is 0.306 e. The van der Waals surface area contributed by atoms with Crippen molar-refractivity contribution in [3.8, 4) is 0 Å². The number of benzene rings is 1. The van der Waals surface area contributed by atoms with Crippen LogP contribution in [0.2, 0.25) is 0 Å². The molecule has 1 aromatic rings. The van der Waals surface area contributed by atoms with Crippen LogP contribution in [0.1, 0.15) is 11.1 Å². The Kier molecular flexibility index (Phi) is 1.92. The normalized spacial score (nSPS) is 14.5. The Morgan fingerprint density at radius 1 is 1.23 bits per heavy atom. The molecule has 1 aromatic carbocycles. The number of urea groups is 1. The van der Waals surface area contributed by atoms with Crippen LogP contribution < -0.4 is 10.0 Å². The summed E-state index contributed by atoms with van der Waals surface area (Å²) in [6.45, 7) is 4.10. The van der Waals surface area contributed by atoms with E-state index in [4.69, 9.17) is 0 Å². The number of anilines is 1. The molecule has 0 unspecified atom stereocenters. The van der Waals surface area contributed by atoms with Crippen molar-refractivity contribution in [2.24, 2.45) is 0 Å². The minimum absolute atomic E-state index is 0.152. The van der Waals surface area contributed by atoms with Crippen molar-refractivity contribution in [3.05, 3.63) is 23.3 Å². The Morgan fingerprint density at radius 2 is 1.92 bits per heavy atom. The Bertz CT molecular complexity index is 376. The van der Waals surface area contributed by atoms with Crippen molar-refractivity contribution in [1.29, 1.82) is 0 Å². The summed E-state index contributed by atoms with van der Waals surface area (Å²) in [5.74, 6) is 0. The molecule has 68 valence electrons. The molecular formula is C9H10N2OS. The third kappa shape index (κ3) is 1.49. The zero-order chi connectivity index (χ0) is 9.42. The van der Waals surface area contributed by atoms with Gasteiger partial charge in [0.05, 0.1) is 10.6 Å². The molecule has 0 radical (unpaired) electrons. The summed E-state index contributed by atoms with van der Waals surface area (Å²) < 4.78 is 2.65. The fourth-order valence-corrected chi connectivity index (χ4v) is 1.93. The second-order valence-electron chi connectivity index (χ2n) is 3.09. The lowest BCUT2D eigenvalue weighted by molar-refractivity contribution is 0.257. The Balaban J connectivity index is 2.49. The molecule has 13 heavy (non-hydrogen) atoms. The first-order valence-electron chi connectivity index (χ1n) is 4.02. The highest BCUT2D eigenvalue weighted by Gasteiger charge is 2.15. The van der Waals surface area contributed by atoms with E-state index in [1.807, 2.05) is 13.0 Å². The molecule has 0 saturated heterocycles. The lowest BCUT2D eigenvalue weighted by Crippen LogP contribution is -2.27. The zero-order valence-electron chi connectivity index (χ0n) is 7.47. The monoisotopic (exact) mass is 194 g/mol. The first-order chi connectivity index (χ1) is 6.16. The van der Waals surface area contributed by atoms with Crippen LogP contribution in [0.15, 0.2) is 17.0 Å². The second-order valence-corrected chi connectivity index (χ2v) is 3.94. The second kappa shape index (κ2) is 2.96. The predicted molar refractivity (Wildman–Crippen MR) is 53.9 cm³/mol. The van der Waals surface area contributed by atoms with E-state index in [9.17, 15) is 4.79 Å². The van der Waals surface area contributed by atoms with Crippen LogP contribution in [0.5, 0.6) is 0 Å². The number of aryl methyl sites for hydroxylation is 2. The molecule has 1 heterocycles. The average Bonchev–Trinajstić information content (AvgIpc) is 2.08. The van der Waals surface area contributed by atoms with Crippen LogP contribution in [0.3, 0.4) is 0 Å². The van der Waals surface area contributed by atoms with Crippen molar-refractivity contribution in [2.75, 3.05) is 5.32 Å². The van der Waals surface area contributed by atoms with Gasteiger partial charge in [0.15, 0.2) is 0 Å². The van der Waals surface area contributed by atoms with E-state index in [1.54, 1.807) is 0 Å². The molecule has 4 heteroatoms. The summed E-state index contributed by atoms with van der Waals surface area (Å²) in [7, 11) is 0. The fraction of sp³-hybridized carbons (Fsp3) is 0.222. The average molecular weight is 194 g/mol. The van der Waals surface area contributed by atoms with Gasteiger partial charge in [-0.3, -0.25) is 4.72 Å². The van der Waals surface area contributed by atoms with E-state index in [0.29, 0.717) is 0 Å². The van der Waals surface area contributed by atoms with Gasteiger partial charge in [-0.15, -0.1) is 0 Å². The summed E-state index contributed by atoms with van der Waals surface area (Å²) in [5, 5.41) is 2.76.